The zero-order valence-electron chi connectivity index (χ0n) is 3.46. The summed E-state index contributed by atoms with van der Waals surface area (Å²) in [6, 6.07) is 0. The van der Waals surface area contributed by atoms with Gasteiger partial charge in [0, 0.05) is 0 Å². The molecule has 0 aromatic carbocycles. The van der Waals surface area contributed by atoms with Crippen LogP contribution in [0.25, 0.3) is 0 Å². The number of hydrogen-bond donors (Lipinski definition) is 0. The van der Waals surface area contributed by atoms with Crippen LogP contribution in [0, 0.1) is 6.08 Å². The summed E-state index contributed by atoms with van der Waals surface area (Å²) in [6.45, 7) is 2.03. The standard InChI is InChI=1S/C4H5Br2/c1-2-3-4(5)6/h2H2,1H3. The summed E-state index contributed by atoms with van der Waals surface area (Å²) in [6.07, 6.45) is 3.91. The minimum atomic E-state index is 0.914. The number of allylic oxidation sites excluding steroid dienone is 1. The zero-order chi connectivity index (χ0) is 4.99. The van der Waals surface area contributed by atoms with Gasteiger partial charge in [-0.05, 0) is 44.4 Å². The van der Waals surface area contributed by atoms with Crippen LogP contribution in [0.15, 0.2) is 3.39 Å². The SMILES string of the molecule is CC[C]=C(Br)Br. The maximum Gasteiger partial charge on any atom is 0.0639 e. The van der Waals surface area contributed by atoms with E-state index in [0.717, 1.165) is 9.81 Å². The summed E-state index contributed by atoms with van der Waals surface area (Å²) in [5.41, 5.74) is 0. The van der Waals surface area contributed by atoms with E-state index in [9.17, 15) is 0 Å². The molecule has 0 heterocycles. The first-order valence-electron chi connectivity index (χ1n) is 1.69. The third-order valence-corrected chi connectivity index (χ3v) is 0.871. The molecule has 0 saturated carbocycles. The quantitative estimate of drug-likeness (QED) is 0.628. The highest BCUT2D eigenvalue weighted by Gasteiger charge is 1.73. The maximum atomic E-state index is 3.16. The summed E-state index contributed by atoms with van der Waals surface area (Å²) in [5, 5.41) is 0. The monoisotopic (exact) mass is 211 g/mol. The van der Waals surface area contributed by atoms with Gasteiger partial charge in [-0.2, -0.15) is 0 Å². The third-order valence-electron chi connectivity index (χ3n) is 0.310. The Morgan fingerprint density at radius 2 is 2.17 bits per heavy atom. The molecule has 0 N–H and O–H groups in total. The molecule has 0 saturated heterocycles. The topological polar surface area (TPSA) is 0 Å². The van der Waals surface area contributed by atoms with Crippen LogP contribution in [0.1, 0.15) is 13.3 Å². The number of hydrogen-bond acceptors (Lipinski definition) is 0. The molecule has 0 rings (SSSR count). The first kappa shape index (κ1) is 6.70. The van der Waals surface area contributed by atoms with E-state index in [1.807, 2.05) is 6.92 Å². The summed E-state index contributed by atoms with van der Waals surface area (Å²) in [5.74, 6) is 0. The highest BCUT2D eigenvalue weighted by Crippen LogP contribution is 2.11. The Morgan fingerprint density at radius 3 is 2.17 bits per heavy atom. The van der Waals surface area contributed by atoms with E-state index in [1.165, 1.54) is 0 Å². The van der Waals surface area contributed by atoms with Gasteiger partial charge in [0.1, 0.15) is 0 Å². The van der Waals surface area contributed by atoms with E-state index < -0.39 is 0 Å². The van der Waals surface area contributed by atoms with Crippen molar-refractivity contribution in [3.05, 3.63) is 9.47 Å². The molecule has 1 radical (unpaired) electrons. The molecular weight excluding hydrogens is 208 g/mol. The predicted molar refractivity (Wildman–Crippen MR) is 34.9 cm³/mol. The Morgan fingerprint density at radius 1 is 1.67 bits per heavy atom. The van der Waals surface area contributed by atoms with E-state index in [0.29, 0.717) is 0 Å². The molecule has 0 amide bonds. The van der Waals surface area contributed by atoms with Gasteiger partial charge in [0.25, 0.3) is 0 Å². The van der Waals surface area contributed by atoms with Crippen molar-refractivity contribution in [2.45, 2.75) is 13.3 Å². The van der Waals surface area contributed by atoms with Crippen LogP contribution in [0.5, 0.6) is 0 Å². The third kappa shape index (κ3) is 4.70. The number of halogens is 2. The van der Waals surface area contributed by atoms with Crippen molar-refractivity contribution < 1.29 is 0 Å². The van der Waals surface area contributed by atoms with Crippen LogP contribution >= 0.6 is 31.9 Å². The molecule has 0 spiro atoms. The van der Waals surface area contributed by atoms with Crippen molar-refractivity contribution in [1.82, 2.24) is 0 Å². The van der Waals surface area contributed by atoms with Crippen LogP contribution in [0.4, 0.5) is 0 Å². The van der Waals surface area contributed by atoms with Gasteiger partial charge in [0.05, 0.1) is 3.39 Å². The number of rotatable bonds is 1. The molecule has 0 aliphatic carbocycles. The van der Waals surface area contributed by atoms with Crippen LogP contribution in [0.2, 0.25) is 0 Å². The van der Waals surface area contributed by atoms with Crippen molar-refractivity contribution in [3.63, 3.8) is 0 Å². The van der Waals surface area contributed by atoms with Crippen molar-refractivity contribution in [1.29, 1.82) is 0 Å². The van der Waals surface area contributed by atoms with Gasteiger partial charge in [0.15, 0.2) is 0 Å². The second-order valence-electron chi connectivity index (χ2n) is 0.791. The van der Waals surface area contributed by atoms with Gasteiger partial charge < -0.3 is 0 Å². The van der Waals surface area contributed by atoms with E-state index in [-0.39, 0.29) is 0 Å². The Hall–Kier alpha value is 0.700. The normalized spacial score (nSPS) is 7.83. The second kappa shape index (κ2) is 3.88. The molecule has 0 fully saturated rings. The van der Waals surface area contributed by atoms with Crippen LogP contribution in [0.3, 0.4) is 0 Å². The lowest BCUT2D eigenvalue weighted by Gasteiger charge is -1.73. The molecule has 0 aliphatic rings. The lowest BCUT2D eigenvalue weighted by molar-refractivity contribution is 1.19. The molecule has 0 atom stereocenters. The molecule has 0 bridgehead atoms. The second-order valence-corrected chi connectivity index (χ2v) is 3.44. The minimum Gasteiger partial charge on any atom is -0.0612 e. The fourth-order valence-corrected chi connectivity index (χ4v) is 0.694. The Bertz CT molecular complexity index is 52.6. The average Bonchev–Trinajstić information content (AvgIpc) is 1.35. The zero-order valence-corrected chi connectivity index (χ0v) is 6.64. The van der Waals surface area contributed by atoms with Gasteiger partial charge in [-0.1, -0.05) is 6.92 Å². The molecular formula is C4H5Br2. The molecule has 6 heavy (non-hydrogen) atoms. The van der Waals surface area contributed by atoms with Gasteiger partial charge in [-0.3, -0.25) is 0 Å². The first-order valence-corrected chi connectivity index (χ1v) is 3.27. The van der Waals surface area contributed by atoms with E-state index in [4.69, 9.17) is 0 Å². The van der Waals surface area contributed by atoms with Gasteiger partial charge in [-0.15, -0.1) is 0 Å². The Balaban J connectivity index is 3.14. The maximum absolute atomic E-state index is 3.16. The van der Waals surface area contributed by atoms with E-state index in [1.54, 1.807) is 0 Å². The summed E-state index contributed by atoms with van der Waals surface area (Å²) in [7, 11) is 0. The lowest BCUT2D eigenvalue weighted by Crippen LogP contribution is -1.50. The first-order chi connectivity index (χ1) is 2.77. The van der Waals surface area contributed by atoms with E-state index in [2.05, 4.69) is 37.9 Å². The van der Waals surface area contributed by atoms with Crippen LogP contribution < -0.4 is 0 Å². The smallest absolute Gasteiger partial charge is 0.0612 e. The Kier molecular flexibility index (Phi) is 4.33. The van der Waals surface area contributed by atoms with Crippen molar-refractivity contribution >= 4 is 31.9 Å². The van der Waals surface area contributed by atoms with E-state index >= 15 is 0 Å². The molecule has 0 aromatic rings. The molecule has 0 aliphatic heterocycles. The van der Waals surface area contributed by atoms with Crippen LogP contribution in [-0.4, -0.2) is 0 Å². The predicted octanol–water partition coefficient (Wildman–Crippen LogP) is 2.83. The molecule has 35 valence electrons. The highest BCUT2D eigenvalue weighted by atomic mass is 79.9. The molecule has 2 heteroatoms. The minimum absolute atomic E-state index is 0.914. The van der Waals surface area contributed by atoms with Crippen LogP contribution in [-0.2, 0) is 0 Å². The van der Waals surface area contributed by atoms with Gasteiger partial charge >= 0.3 is 0 Å². The lowest BCUT2D eigenvalue weighted by atomic mass is 10.5. The molecule has 0 aromatic heterocycles. The highest BCUT2D eigenvalue weighted by molar-refractivity contribution is 9.28. The molecule has 0 nitrogen and oxygen atoms in total. The summed E-state index contributed by atoms with van der Waals surface area (Å²) >= 11 is 6.31. The van der Waals surface area contributed by atoms with Crippen molar-refractivity contribution in [3.8, 4) is 0 Å². The van der Waals surface area contributed by atoms with Gasteiger partial charge in [-0.25, -0.2) is 0 Å². The fourth-order valence-electron chi connectivity index (χ4n) is 0.134. The average molecular weight is 213 g/mol. The summed E-state index contributed by atoms with van der Waals surface area (Å²) in [4.78, 5) is 0. The van der Waals surface area contributed by atoms with Crippen molar-refractivity contribution in [2.75, 3.05) is 0 Å². The summed E-state index contributed by atoms with van der Waals surface area (Å²) < 4.78 is 0.914. The van der Waals surface area contributed by atoms with Crippen molar-refractivity contribution in [2.24, 2.45) is 0 Å². The Labute approximate surface area is 54.9 Å². The fraction of sp³-hybridized carbons (Fsp3) is 0.500. The molecule has 0 unspecified atom stereocenters. The largest absolute Gasteiger partial charge is 0.0639 e. The van der Waals surface area contributed by atoms with Gasteiger partial charge in [0.2, 0.25) is 0 Å².